The van der Waals surface area contributed by atoms with Crippen molar-refractivity contribution < 1.29 is 28.1 Å². The van der Waals surface area contributed by atoms with E-state index in [-0.39, 0.29) is 17.5 Å². The number of halogens is 3. The molecule has 21 heavy (non-hydrogen) atoms. The second-order valence-corrected chi connectivity index (χ2v) is 4.81. The second-order valence-electron chi connectivity index (χ2n) is 4.81. The van der Waals surface area contributed by atoms with Gasteiger partial charge in [0.25, 0.3) is 0 Å². The molecule has 1 rings (SSSR count). The van der Waals surface area contributed by atoms with Gasteiger partial charge in [0.2, 0.25) is 0 Å². The number of rotatable bonds is 4. The van der Waals surface area contributed by atoms with E-state index < -0.39 is 29.0 Å². The van der Waals surface area contributed by atoms with E-state index >= 15 is 0 Å². The Morgan fingerprint density at radius 2 is 1.81 bits per heavy atom. The Kier molecular flexibility index (Phi) is 5.15. The molecule has 0 saturated heterocycles. The van der Waals surface area contributed by atoms with Crippen molar-refractivity contribution in [2.24, 2.45) is 0 Å². The fraction of sp³-hybridized carbons (Fsp3) is 0.467. The summed E-state index contributed by atoms with van der Waals surface area (Å²) in [6, 6.07) is 0. The highest BCUT2D eigenvalue weighted by atomic mass is 19.4. The van der Waals surface area contributed by atoms with Crippen molar-refractivity contribution >= 4 is 0 Å². The van der Waals surface area contributed by atoms with Crippen LogP contribution in [-0.2, 0) is 12.6 Å². The Morgan fingerprint density at radius 1 is 1.24 bits per heavy atom. The molecule has 0 bridgehead atoms. The minimum Gasteiger partial charge on any atom is -0.507 e. The summed E-state index contributed by atoms with van der Waals surface area (Å²) in [6.45, 7) is 5.17. The average molecular weight is 304 g/mol. The fourth-order valence-corrected chi connectivity index (χ4v) is 2.00. The van der Waals surface area contributed by atoms with Crippen LogP contribution in [0.2, 0.25) is 0 Å². The van der Waals surface area contributed by atoms with Crippen LogP contribution in [0.25, 0.3) is 0 Å². The lowest BCUT2D eigenvalue weighted by Crippen LogP contribution is -2.10. The van der Waals surface area contributed by atoms with Crippen LogP contribution in [-0.4, -0.2) is 17.3 Å². The summed E-state index contributed by atoms with van der Waals surface area (Å²) in [5, 5.41) is 19.9. The summed E-state index contributed by atoms with van der Waals surface area (Å²) >= 11 is 0. The van der Waals surface area contributed by atoms with Crippen molar-refractivity contribution in [2.75, 3.05) is 7.11 Å². The summed E-state index contributed by atoms with van der Waals surface area (Å²) in [4.78, 5) is 0. The standard InChI is InChI=1S/C15H19F3O3/c1-5-8(2)6-7-10-9(3)12(19)11(15(16,17)18)14(21-4)13(10)20/h6,19-20H,5,7H2,1-4H3/b8-6+. The van der Waals surface area contributed by atoms with E-state index in [9.17, 15) is 23.4 Å². The smallest absolute Gasteiger partial charge is 0.423 e. The molecule has 0 spiro atoms. The zero-order chi connectivity index (χ0) is 16.4. The van der Waals surface area contributed by atoms with Gasteiger partial charge in [0, 0.05) is 5.56 Å². The molecule has 0 aliphatic heterocycles. The number of alkyl halides is 3. The van der Waals surface area contributed by atoms with E-state index in [1.807, 2.05) is 13.8 Å². The van der Waals surface area contributed by atoms with Crippen LogP contribution in [0, 0.1) is 6.92 Å². The molecule has 0 atom stereocenters. The third kappa shape index (κ3) is 3.43. The van der Waals surface area contributed by atoms with Gasteiger partial charge in [-0.1, -0.05) is 18.6 Å². The summed E-state index contributed by atoms with van der Waals surface area (Å²) in [5.74, 6) is -2.24. The highest BCUT2D eigenvalue weighted by Gasteiger charge is 2.41. The van der Waals surface area contributed by atoms with E-state index in [1.54, 1.807) is 6.08 Å². The molecule has 0 fully saturated rings. The Morgan fingerprint density at radius 3 is 2.24 bits per heavy atom. The SMILES string of the molecule is CC/C(C)=C/Cc1c(C)c(O)c(C(F)(F)F)c(OC)c1O. The zero-order valence-electron chi connectivity index (χ0n) is 12.4. The third-order valence-corrected chi connectivity index (χ3v) is 3.47. The van der Waals surface area contributed by atoms with E-state index in [0.717, 1.165) is 19.1 Å². The van der Waals surface area contributed by atoms with Gasteiger partial charge >= 0.3 is 6.18 Å². The normalized spacial score (nSPS) is 12.6. The van der Waals surface area contributed by atoms with Gasteiger partial charge < -0.3 is 14.9 Å². The van der Waals surface area contributed by atoms with Crippen LogP contribution < -0.4 is 4.74 Å². The van der Waals surface area contributed by atoms with Crippen molar-refractivity contribution in [1.82, 2.24) is 0 Å². The molecule has 1 aromatic rings. The minimum absolute atomic E-state index is 0.000720. The van der Waals surface area contributed by atoms with Crippen LogP contribution in [0.3, 0.4) is 0 Å². The summed E-state index contributed by atoms with van der Waals surface area (Å²) in [5.41, 5.74) is -0.0852. The van der Waals surface area contributed by atoms with E-state index in [0.29, 0.717) is 0 Å². The largest absolute Gasteiger partial charge is 0.507 e. The molecule has 3 nitrogen and oxygen atoms in total. The van der Waals surface area contributed by atoms with Gasteiger partial charge in [-0.15, -0.1) is 0 Å². The quantitative estimate of drug-likeness (QED) is 0.643. The molecular weight excluding hydrogens is 285 g/mol. The molecule has 6 heteroatoms. The van der Waals surface area contributed by atoms with Gasteiger partial charge in [0.05, 0.1) is 7.11 Å². The predicted octanol–water partition coefficient (Wildman–Crippen LogP) is 4.33. The lowest BCUT2D eigenvalue weighted by molar-refractivity contribution is -0.140. The van der Waals surface area contributed by atoms with Gasteiger partial charge in [0.15, 0.2) is 11.5 Å². The molecule has 0 unspecified atom stereocenters. The Hall–Kier alpha value is -1.85. The third-order valence-electron chi connectivity index (χ3n) is 3.47. The Labute approximate surface area is 121 Å². The zero-order valence-corrected chi connectivity index (χ0v) is 12.4. The topological polar surface area (TPSA) is 49.7 Å². The van der Waals surface area contributed by atoms with E-state index in [1.165, 1.54) is 6.92 Å². The summed E-state index contributed by atoms with van der Waals surface area (Å²) < 4.78 is 43.6. The van der Waals surface area contributed by atoms with Gasteiger partial charge in [0.1, 0.15) is 11.3 Å². The van der Waals surface area contributed by atoms with Crippen molar-refractivity contribution in [3.05, 3.63) is 28.3 Å². The molecule has 0 aromatic heterocycles. The monoisotopic (exact) mass is 304 g/mol. The van der Waals surface area contributed by atoms with Crippen LogP contribution in [0.5, 0.6) is 17.2 Å². The van der Waals surface area contributed by atoms with Crippen LogP contribution >= 0.6 is 0 Å². The lowest BCUT2D eigenvalue weighted by atomic mass is 9.97. The molecular formula is C15H19F3O3. The first kappa shape index (κ1) is 17.2. The molecule has 0 radical (unpaired) electrons. The van der Waals surface area contributed by atoms with E-state index in [4.69, 9.17) is 0 Å². The first-order valence-corrected chi connectivity index (χ1v) is 6.49. The molecule has 0 aliphatic carbocycles. The van der Waals surface area contributed by atoms with Crippen molar-refractivity contribution in [2.45, 2.75) is 39.8 Å². The molecule has 2 N–H and O–H groups in total. The molecule has 0 saturated carbocycles. The number of aromatic hydroxyl groups is 2. The number of ether oxygens (including phenoxy) is 1. The maximum absolute atomic E-state index is 13.0. The molecule has 118 valence electrons. The van der Waals surface area contributed by atoms with Crippen LogP contribution in [0.4, 0.5) is 13.2 Å². The van der Waals surface area contributed by atoms with Gasteiger partial charge in [-0.2, -0.15) is 13.2 Å². The summed E-state index contributed by atoms with van der Waals surface area (Å²) in [6.07, 6.45) is -2.00. The maximum Gasteiger partial charge on any atom is 0.423 e. The first-order chi connectivity index (χ1) is 9.65. The highest BCUT2D eigenvalue weighted by Crippen LogP contribution is 2.50. The number of methoxy groups -OCH3 is 1. The fourth-order valence-electron chi connectivity index (χ4n) is 2.00. The van der Waals surface area contributed by atoms with Crippen molar-refractivity contribution in [3.63, 3.8) is 0 Å². The Balaban J connectivity index is 3.54. The molecule has 1 aromatic carbocycles. The maximum atomic E-state index is 13.0. The Bertz CT molecular complexity index is 561. The van der Waals surface area contributed by atoms with Crippen LogP contribution in [0.15, 0.2) is 11.6 Å². The summed E-state index contributed by atoms with van der Waals surface area (Å²) in [7, 11) is 1.02. The number of benzene rings is 1. The number of allylic oxidation sites excluding steroid dienone is 2. The van der Waals surface area contributed by atoms with Crippen molar-refractivity contribution in [3.8, 4) is 17.2 Å². The van der Waals surface area contributed by atoms with Gasteiger partial charge in [-0.25, -0.2) is 0 Å². The minimum atomic E-state index is -4.81. The molecule has 0 amide bonds. The highest BCUT2D eigenvalue weighted by molar-refractivity contribution is 5.63. The average Bonchev–Trinajstić information content (AvgIpc) is 2.40. The predicted molar refractivity (Wildman–Crippen MR) is 73.8 cm³/mol. The number of hydrogen-bond acceptors (Lipinski definition) is 3. The molecule has 0 heterocycles. The number of hydrogen-bond donors (Lipinski definition) is 2. The second kappa shape index (κ2) is 6.28. The van der Waals surface area contributed by atoms with Gasteiger partial charge in [-0.3, -0.25) is 0 Å². The van der Waals surface area contributed by atoms with Crippen LogP contribution in [0.1, 0.15) is 37.0 Å². The lowest BCUT2D eigenvalue weighted by Gasteiger charge is -2.19. The van der Waals surface area contributed by atoms with Gasteiger partial charge in [-0.05, 0) is 32.3 Å². The molecule has 0 aliphatic rings. The van der Waals surface area contributed by atoms with Crippen molar-refractivity contribution in [1.29, 1.82) is 0 Å². The number of phenolic OH excluding ortho intramolecular Hbond substituents is 2. The van der Waals surface area contributed by atoms with E-state index in [2.05, 4.69) is 4.74 Å². The first-order valence-electron chi connectivity index (χ1n) is 6.49. The number of phenols is 2.